The molecule has 0 saturated heterocycles. The van der Waals surface area contributed by atoms with Crippen LogP contribution in [0.5, 0.6) is 0 Å². The van der Waals surface area contributed by atoms with Crippen LogP contribution in [0.3, 0.4) is 0 Å². The molecule has 104 valence electrons. The molecule has 0 aliphatic carbocycles. The van der Waals surface area contributed by atoms with Crippen molar-refractivity contribution in [2.24, 2.45) is 0 Å². The van der Waals surface area contributed by atoms with Crippen LogP contribution in [-0.2, 0) is 0 Å². The average molecular weight is 406 g/mol. The number of nitrogen functional groups attached to an aromatic ring is 1. The van der Waals surface area contributed by atoms with E-state index in [0.717, 1.165) is 12.1 Å². The van der Waals surface area contributed by atoms with E-state index < -0.39 is 23.2 Å². The number of benzene rings is 2. The Labute approximate surface area is 130 Å². The van der Waals surface area contributed by atoms with Crippen LogP contribution in [-0.4, -0.2) is 5.91 Å². The molecule has 2 rings (SSSR count). The monoisotopic (exact) mass is 404 g/mol. The fourth-order valence-corrected chi connectivity index (χ4v) is 2.33. The predicted molar refractivity (Wildman–Crippen MR) is 80.6 cm³/mol. The summed E-state index contributed by atoms with van der Waals surface area (Å²) in [4.78, 5) is 12.0. The zero-order chi connectivity index (χ0) is 14.9. The second-order valence-electron chi connectivity index (χ2n) is 3.93. The van der Waals surface area contributed by atoms with Crippen molar-refractivity contribution in [2.45, 2.75) is 0 Å². The highest BCUT2D eigenvalue weighted by molar-refractivity contribution is 9.10. The normalized spacial score (nSPS) is 10.4. The van der Waals surface area contributed by atoms with E-state index in [0.29, 0.717) is 4.47 Å². The molecule has 1 amide bonds. The van der Waals surface area contributed by atoms with Gasteiger partial charge < -0.3 is 11.1 Å². The number of nitrogens with one attached hydrogen (secondary N) is 1. The lowest BCUT2D eigenvalue weighted by Gasteiger charge is -2.10. The number of anilines is 2. The van der Waals surface area contributed by atoms with E-state index in [2.05, 4.69) is 37.2 Å². The Bertz CT molecular complexity index is 669. The zero-order valence-corrected chi connectivity index (χ0v) is 13.1. The van der Waals surface area contributed by atoms with Gasteiger partial charge >= 0.3 is 0 Å². The maximum absolute atomic E-state index is 13.6. The summed E-state index contributed by atoms with van der Waals surface area (Å²) < 4.78 is 28.2. The second-order valence-corrected chi connectivity index (χ2v) is 5.76. The van der Waals surface area contributed by atoms with Gasteiger partial charge in [-0.05, 0) is 30.3 Å². The molecule has 3 N–H and O–H groups in total. The van der Waals surface area contributed by atoms with Crippen molar-refractivity contribution in [3.05, 3.63) is 56.5 Å². The summed E-state index contributed by atoms with van der Waals surface area (Å²) >= 11 is 6.16. The molecule has 7 heteroatoms. The van der Waals surface area contributed by atoms with Crippen LogP contribution < -0.4 is 11.1 Å². The molecule has 0 spiro atoms. The first-order valence-electron chi connectivity index (χ1n) is 5.39. The molecule has 0 heterocycles. The van der Waals surface area contributed by atoms with E-state index in [-0.39, 0.29) is 15.7 Å². The largest absolute Gasteiger partial charge is 0.398 e. The van der Waals surface area contributed by atoms with Gasteiger partial charge in [0, 0.05) is 14.6 Å². The van der Waals surface area contributed by atoms with Gasteiger partial charge in [-0.2, -0.15) is 0 Å². The van der Waals surface area contributed by atoms with Crippen molar-refractivity contribution in [1.29, 1.82) is 0 Å². The molecule has 0 aromatic heterocycles. The number of halogens is 4. The van der Waals surface area contributed by atoms with E-state index >= 15 is 0 Å². The van der Waals surface area contributed by atoms with Crippen LogP contribution in [0.1, 0.15) is 10.4 Å². The fraction of sp³-hybridized carbons (Fsp3) is 0. The first-order chi connectivity index (χ1) is 9.38. The lowest BCUT2D eigenvalue weighted by atomic mass is 10.1. The van der Waals surface area contributed by atoms with Crippen LogP contribution in [0.25, 0.3) is 0 Å². The van der Waals surface area contributed by atoms with E-state index in [1.807, 2.05) is 0 Å². The Morgan fingerprint density at radius 1 is 1.05 bits per heavy atom. The van der Waals surface area contributed by atoms with Gasteiger partial charge in [-0.1, -0.05) is 31.9 Å². The summed E-state index contributed by atoms with van der Waals surface area (Å²) in [5, 5.41) is 2.18. The third-order valence-electron chi connectivity index (χ3n) is 2.51. The average Bonchev–Trinajstić information content (AvgIpc) is 2.36. The van der Waals surface area contributed by atoms with Gasteiger partial charge in [0.15, 0.2) is 11.6 Å². The number of hydrogen-bond donors (Lipinski definition) is 2. The number of nitrogens with two attached hydrogens (primary N) is 1. The van der Waals surface area contributed by atoms with Gasteiger partial charge in [0.05, 0.1) is 5.56 Å². The molecule has 2 aromatic rings. The van der Waals surface area contributed by atoms with Crippen molar-refractivity contribution in [1.82, 2.24) is 0 Å². The fourth-order valence-electron chi connectivity index (χ4n) is 1.57. The molecule has 0 bridgehead atoms. The smallest absolute Gasteiger partial charge is 0.257 e. The number of amides is 1. The van der Waals surface area contributed by atoms with Crippen molar-refractivity contribution in [3.63, 3.8) is 0 Å². The molecule has 0 fully saturated rings. The first kappa shape index (κ1) is 14.9. The van der Waals surface area contributed by atoms with Crippen LogP contribution in [0.15, 0.2) is 39.3 Å². The first-order valence-corrected chi connectivity index (χ1v) is 6.98. The van der Waals surface area contributed by atoms with Gasteiger partial charge in [0.1, 0.15) is 5.69 Å². The highest BCUT2D eigenvalue weighted by atomic mass is 79.9. The molecule has 0 unspecified atom stereocenters. The highest BCUT2D eigenvalue weighted by Gasteiger charge is 2.16. The second kappa shape index (κ2) is 5.88. The minimum absolute atomic E-state index is 0.126. The Kier molecular flexibility index (Phi) is 4.39. The highest BCUT2D eigenvalue weighted by Crippen LogP contribution is 2.25. The minimum Gasteiger partial charge on any atom is -0.398 e. The van der Waals surface area contributed by atoms with Crippen molar-refractivity contribution < 1.29 is 13.6 Å². The Balaban J connectivity index is 2.35. The van der Waals surface area contributed by atoms with Crippen molar-refractivity contribution >= 4 is 49.1 Å². The molecular formula is C13H8Br2F2N2O. The van der Waals surface area contributed by atoms with Crippen LogP contribution in [0, 0.1) is 11.6 Å². The van der Waals surface area contributed by atoms with Gasteiger partial charge in [0.2, 0.25) is 0 Å². The number of carbonyl (C=O) groups is 1. The van der Waals surface area contributed by atoms with E-state index in [1.54, 1.807) is 6.07 Å². The van der Waals surface area contributed by atoms with Crippen molar-refractivity contribution in [3.8, 4) is 0 Å². The summed E-state index contributed by atoms with van der Waals surface area (Å²) in [6.45, 7) is 0. The van der Waals surface area contributed by atoms with Gasteiger partial charge in [-0.15, -0.1) is 0 Å². The Morgan fingerprint density at radius 3 is 2.25 bits per heavy atom. The van der Waals surface area contributed by atoms with Gasteiger partial charge in [0.25, 0.3) is 5.91 Å². The zero-order valence-electron chi connectivity index (χ0n) is 9.88. The summed E-state index contributed by atoms with van der Waals surface area (Å²) in [5.74, 6) is -2.44. The third kappa shape index (κ3) is 3.16. The van der Waals surface area contributed by atoms with E-state index in [9.17, 15) is 13.6 Å². The maximum atomic E-state index is 13.6. The molecule has 0 aliphatic rings. The molecule has 0 atom stereocenters. The van der Waals surface area contributed by atoms with Crippen LogP contribution >= 0.6 is 31.9 Å². The van der Waals surface area contributed by atoms with Crippen LogP contribution in [0.2, 0.25) is 0 Å². The third-order valence-corrected chi connectivity index (χ3v) is 3.46. The molecule has 3 nitrogen and oxygen atoms in total. The molecule has 2 aromatic carbocycles. The van der Waals surface area contributed by atoms with Crippen molar-refractivity contribution in [2.75, 3.05) is 11.1 Å². The minimum atomic E-state index is -0.876. The SMILES string of the molecule is Nc1ccc(Br)cc1C(=O)Nc1c(F)cc(Br)cc1F. The molecule has 0 radical (unpaired) electrons. The molecule has 0 saturated carbocycles. The van der Waals surface area contributed by atoms with Gasteiger partial charge in [-0.25, -0.2) is 8.78 Å². The lowest BCUT2D eigenvalue weighted by molar-refractivity contribution is 0.102. The Hall–Kier alpha value is -1.47. The number of rotatable bonds is 2. The van der Waals surface area contributed by atoms with Gasteiger partial charge in [-0.3, -0.25) is 4.79 Å². The molecule has 20 heavy (non-hydrogen) atoms. The summed E-state index contributed by atoms with van der Waals surface area (Å²) in [6, 6.07) is 6.77. The van der Waals surface area contributed by atoms with E-state index in [1.165, 1.54) is 12.1 Å². The molecular weight excluding hydrogens is 398 g/mol. The number of hydrogen-bond acceptors (Lipinski definition) is 2. The predicted octanol–water partition coefficient (Wildman–Crippen LogP) is 4.32. The van der Waals surface area contributed by atoms with Crippen LogP contribution in [0.4, 0.5) is 20.2 Å². The van der Waals surface area contributed by atoms with E-state index in [4.69, 9.17) is 5.73 Å². The Morgan fingerprint density at radius 2 is 1.65 bits per heavy atom. The summed E-state index contributed by atoms with van der Waals surface area (Å²) in [7, 11) is 0. The molecule has 0 aliphatic heterocycles. The topological polar surface area (TPSA) is 55.1 Å². The maximum Gasteiger partial charge on any atom is 0.257 e. The quantitative estimate of drug-likeness (QED) is 0.731. The number of carbonyl (C=O) groups excluding carboxylic acids is 1. The summed E-state index contributed by atoms with van der Waals surface area (Å²) in [5.41, 5.74) is 5.49. The summed E-state index contributed by atoms with van der Waals surface area (Å²) in [6.07, 6.45) is 0. The lowest BCUT2D eigenvalue weighted by Crippen LogP contribution is -2.16. The standard InChI is InChI=1S/C13H8Br2F2N2O/c14-6-1-2-11(18)8(3-6)13(20)19-12-9(16)4-7(15)5-10(12)17/h1-5H,18H2,(H,19,20).